The molecule has 128 valence electrons. The molecule has 0 aliphatic carbocycles. The highest BCUT2D eigenvalue weighted by Gasteiger charge is 2.39. The number of carboxylic acid groups (broad SMARTS) is 1. The Balaban J connectivity index is 2.84. The first-order valence-electron chi connectivity index (χ1n) is 7.31. The number of aliphatic carboxylic acids is 1. The van der Waals surface area contributed by atoms with Crippen molar-refractivity contribution in [3.63, 3.8) is 0 Å². The summed E-state index contributed by atoms with van der Waals surface area (Å²) in [7, 11) is 0. The van der Waals surface area contributed by atoms with Gasteiger partial charge in [-0.3, -0.25) is 24.8 Å². The van der Waals surface area contributed by atoms with E-state index in [9.17, 15) is 24.3 Å². The van der Waals surface area contributed by atoms with Crippen LogP contribution in [0.2, 0.25) is 0 Å². The van der Waals surface area contributed by atoms with E-state index in [-0.39, 0.29) is 13.0 Å². The van der Waals surface area contributed by atoms with Crippen LogP contribution in [0.4, 0.5) is 4.79 Å². The van der Waals surface area contributed by atoms with Gasteiger partial charge in [-0.15, -0.1) is 0 Å². The Bertz CT molecular complexity index is 509. The predicted molar refractivity (Wildman–Crippen MR) is 83.9 cm³/mol. The third-order valence-corrected chi connectivity index (χ3v) is 3.95. The van der Waals surface area contributed by atoms with Crippen LogP contribution in [0, 0.1) is 5.92 Å². The van der Waals surface area contributed by atoms with E-state index in [1.807, 2.05) is 13.2 Å². The zero-order valence-electron chi connectivity index (χ0n) is 13.1. The van der Waals surface area contributed by atoms with Crippen LogP contribution >= 0.6 is 11.8 Å². The van der Waals surface area contributed by atoms with Crippen molar-refractivity contribution in [3.05, 3.63) is 0 Å². The van der Waals surface area contributed by atoms with Crippen LogP contribution in [-0.2, 0) is 14.4 Å². The Morgan fingerprint density at radius 3 is 2.74 bits per heavy atom. The molecule has 0 unspecified atom stereocenters. The predicted octanol–water partition coefficient (Wildman–Crippen LogP) is -0.576. The highest BCUT2D eigenvalue weighted by Crippen LogP contribution is 2.11. The molecular weight excluding hydrogens is 322 g/mol. The van der Waals surface area contributed by atoms with Gasteiger partial charge in [0.15, 0.2) is 5.92 Å². The second-order valence-corrected chi connectivity index (χ2v) is 6.02. The third-order valence-electron chi connectivity index (χ3n) is 3.31. The molecule has 1 fully saturated rings. The van der Waals surface area contributed by atoms with Crippen molar-refractivity contribution < 1.29 is 24.3 Å². The zero-order valence-corrected chi connectivity index (χ0v) is 13.9. The fourth-order valence-electron chi connectivity index (χ4n) is 1.96. The van der Waals surface area contributed by atoms with Crippen molar-refractivity contribution in [2.24, 2.45) is 10.9 Å². The lowest BCUT2D eigenvalue weighted by Gasteiger charge is -2.28. The van der Waals surface area contributed by atoms with Crippen molar-refractivity contribution in [1.29, 1.82) is 0 Å². The summed E-state index contributed by atoms with van der Waals surface area (Å²) in [6.07, 6.45) is 4.47. The van der Waals surface area contributed by atoms with Gasteiger partial charge in [0.2, 0.25) is 11.8 Å². The lowest BCUT2D eigenvalue weighted by atomic mass is 10.1. The van der Waals surface area contributed by atoms with Crippen molar-refractivity contribution >= 4 is 41.8 Å². The number of nitrogens with zero attached hydrogens (tertiary/aromatic N) is 2. The Morgan fingerprint density at radius 1 is 1.48 bits per heavy atom. The highest BCUT2D eigenvalue weighted by atomic mass is 32.2. The van der Waals surface area contributed by atoms with Crippen LogP contribution < -0.4 is 10.4 Å². The Morgan fingerprint density at radius 2 is 2.17 bits per heavy atom. The minimum Gasteiger partial charge on any atom is -0.548 e. The molecule has 1 aliphatic heterocycles. The van der Waals surface area contributed by atoms with Crippen LogP contribution in [0.25, 0.3) is 0 Å². The molecule has 1 aliphatic rings. The molecule has 1 heterocycles. The van der Waals surface area contributed by atoms with Crippen LogP contribution in [-0.4, -0.2) is 59.5 Å². The van der Waals surface area contributed by atoms with Crippen molar-refractivity contribution in [2.75, 3.05) is 18.6 Å². The van der Waals surface area contributed by atoms with E-state index < -0.39 is 35.8 Å². The fraction of sp³-hybridized carbons (Fsp3) is 0.643. The number of hydrogen-bond acceptors (Lipinski definition) is 7. The average Bonchev–Trinajstić information content (AvgIpc) is 2.49. The molecule has 9 heteroatoms. The summed E-state index contributed by atoms with van der Waals surface area (Å²) in [5.74, 6) is -3.57. The van der Waals surface area contributed by atoms with Crippen molar-refractivity contribution in [1.82, 2.24) is 10.2 Å². The number of thioether (sulfide) groups is 1. The van der Waals surface area contributed by atoms with Gasteiger partial charge in [-0.05, 0) is 24.9 Å². The summed E-state index contributed by atoms with van der Waals surface area (Å²) in [6, 6.07) is -1.87. The molecule has 1 N–H and O–H groups in total. The minimum atomic E-state index is -1.36. The molecule has 2 atom stereocenters. The van der Waals surface area contributed by atoms with Gasteiger partial charge in [-0.1, -0.05) is 13.3 Å². The van der Waals surface area contributed by atoms with Gasteiger partial charge in [-0.25, -0.2) is 4.79 Å². The first-order valence-corrected chi connectivity index (χ1v) is 8.71. The molecule has 0 radical (unpaired) electrons. The number of urea groups is 1. The number of carboxylic acids is 1. The van der Waals surface area contributed by atoms with Gasteiger partial charge < -0.3 is 9.90 Å². The maximum atomic E-state index is 12.2. The number of carbonyl (C=O) groups is 4. The molecule has 0 aromatic rings. The molecule has 1 rings (SSSR count). The number of barbiturate groups is 1. The first kappa shape index (κ1) is 19.1. The molecule has 8 nitrogen and oxygen atoms in total. The van der Waals surface area contributed by atoms with Crippen LogP contribution in [0.15, 0.2) is 4.99 Å². The Kier molecular flexibility index (Phi) is 7.73. The summed E-state index contributed by atoms with van der Waals surface area (Å²) < 4.78 is 0. The maximum Gasteiger partial charge on any atom is 0.330 e. The van der Waals surface area contributed by atoms with E-state index in [1.54, 1.807) is 0 Å². The Hall–Kier alpha value is -1.90. The molecule has 0 spiro atoms. The van der Waals surface area contributed by atoms with Gasteiger partial charge in [0.05, 0.1) is 12.0 Å². The standard InChI is InChI=1S/C14H21N3O5S/c1-3-4-6-17-12(19)9(11(18)16-14(17)22)8-15-10(13(20)21)5-7-23-2/h8-10H,3-7H2,1-2H3,(H,20,21)(H,16,18,22)/p-1/t9-,10+/m0/s1. The Labute approximate surface area is 138 Å². The molecule has 23 heavy (non-hydrogen) atoms. The van der Waals surface area contributed by atoms with Gasteiger partial charge in [-0.2, -0.15) is 11.8 Å². The number of amides is 4. The number of carbonyl (C=O) groups excluding carboxylic acids is 4. The molecule has 4 amide bonds. The van der Waals surface area contributed by atoms with Gasteiger partial charge >= 0.3 is 6.03 Å². The molecular formula is C14H20N3O5S-. The smallest absolute Gasteiger partial charge is 0.330 e. The zero-order chi connectivity index (χ0) is 17.4. The minimum absolute atomic E-state index is 0.204. The monoisotopic (exact) mass is 342 g/mol. The van der Waals surface area contributed by atoms with Gasteiger partial charge in [0, 0.05) is 12.8 Å². The van der Waals surface area contributed by atoms with E-state index >= 15 is 0 Å². The van der Waals surface area contributed by atoms with E-state index in [4.69, 9.17) is 0 Å². The fourth-order valence-corrected chi connectivity index (χ4v) is 2.42. The van der Waals surface area contributed by atoms with E-state index in [2.05, 4.69) is 10.3 Å². The van der Waals surface area contributed by atoms with E-state index in [1.165, 1.54) is 11.8 Å². The largest absolute Gasteiger partial charge is 0.548 e. The summed E-state index contributed by atoms with van der Waals surface area (Å²) in [5.41, 5.74) is 0. The molecule has 0 saturated carbocycles. The lowest BCUT2D eigenvalue weighted by Crippen LogP contribution is -2.58. The van der Waals surface area contributed by atoms with Crippen LogP contribution in [0.3, 0.4) is 0 Å². The molecule has 0 bridgehead atoms. The second-order valence-electron chi connectivity index (χ2n) is 5.03. The van der Waals surface area contributed by atoms with Crippen LogP contribution in [0.5, 0.6) is 0 Å². The first-order chi connectivity index (χ1) is 10.9. The van der Waals surface area contributed by atoms with Gasteiger partial charge in [0.1, 0.15) is 0 Å². The number of unbranched alkanes of at least 4 members (excludes halogenated alkanes) is 1. The quantitative estimate of drug-likeness (QED) is 0.442. The summed E-state index contributed by atoms with van der Waals surface area (Å²) >= 11 is 1.46. The van der Waals surface area contributed by atoms with Crippen molar-refractivity contribution in [3.8, 4) is 0 Å². The number of rotatable bonds is 9. The average molecular weight is 342 g/mol. The summed E-state index contributed by atoms with van der Waals surface area (Å²) in [4.78, 5) is 51.5. The van der Waals surface area contributed by atoms with Crippen molar-refractivity contribution in [2.45, 2.75) is 32.2 Å². The number of imide groups is 2. The molecule has 0 aromatic carbocycles. The normalized spacial score (nSPS) is 20.0. The summed E-state index contributed by atoms with van der Waals surface area (Å²) in [5, 5.41) is 13.1. The SMILES string of the molecule is CCCCN1C(=O)NC(=O)[C@H](C=N[C@H](CCSC)C(=O)[O-])C1=O. The number of nitrogens with one attached hydrogen (secondary N) is 1. The maximum absolute atomic E-state index is 12.2. The van der Waals surface area contributed by atoms with E-state index in [0.717, 1.165) is 17.5 Å². The van der Waals surface area contributed by atoms with E-state index in [0.29, 0.717) is 12.2 Å². The summed E-state index contributed by atoms with van der Waals surface area (Å²) in [6.45, 7) is 2.11. The highest BCUT2D eigenvalue weighted by molar-refractivity contribution is 7.98. The lowest BCUT2D eigenvalue weighted by molar-refractivity contribution is -0.307. The number of hydrogen-bond donors (Lipinski definition) is 1. The van der Waals surface area contributed by atoms with Crippen LogP contribution in [0.1, 0.15) is 26.2 Å². The number of aliphatic imine (C=N–C) groups is 1. The molecule has 0 aromatic heterocycles. The topological polar surface area (TPSA) is 119 Å². The third kappa shape index (κ3) is 5.34. The molecule has 1 saturated heterocycles. The van der Waals surface area contributed by atoms with Gasteiger partial charge in [0.25, 0.3) is 0 Å². The second kappa shape index (κ2) is 9.29.